The van der Waals surface area contributed by atoms with Gasteiger partial charge in [-0.1, -0.05) is 49.1 Å². The van der Waals surface area contributed by atoms with Crippen LogP contribution in [0, 0.1) is 0 Å². The minimum Gasteiger partial charge on any atom is -0.402 e. The van der Waals surface area contributed by atoms with Crippen LogP contribution in [0.1, 0.15) is 12.0 Å². The van der Waals surface area contributed by atoms with E-state index in [-0.39, 0.29) is 6.54 Å². The summed E-state index contributed by atoms with van der Waals surface area (Å²) >= 11 is 0. The molecule has 0 saturated carbocycles. The molecule has 0 saturated heterocycles. The number of allylic oxidation sites excluding steroid dienone is 1. The predicted octanol–water partition coefficient (Wildman–Crippen LogP) is 1.44. The minimum atomic E-state index is -0.691. The summed E-state index contributed by atoms with van der Waals surface area (Å²) in [4.78, 5) is 23.5. The van der Waals surface area contributed by atoms with Gasteiger partial charge in [-0.05, 0) is 17.6 Å². The van der Waals surface area contributed by atoms with Gasteiger partial charge in [0.2, 0.25) is 0 Å². The lowest BCUT2D eigenvalue weighted by Crippen LogP contribution is -2.41. The lowest BCUT2D eigenvalue weighted by Gasteiger charge is -2.09. The summed E-state index contributed by atoms with van der Waals surface area (Å²) in [6, 6.07) is 9.73. The Balaban J connectivity index is 2.39. The summed E-state index contributed by atoms with van der Waals surface area (Å²) in [5.41, 5.74) is 8.18. The maximum atomic E-state index is 11.7. The molecule has 0 atom stereocenters. The molecule has 5 heteroatoms. The highest BCUT2D eigenvalue weighted by Crippen LogP contribution is 2.03. The molecule has 0 radical (unpaired) electrons. The van der Waals surface area contributed by atoms with Crippen molar-refractivity contribution in [3.05, 3.63) is 72.5 Å². The fraction of sp³-hybridized carbons (Fsp3) is 0.222. The molecule has 4 N–H and O–H groups in total. The number of carbonyl (C=O) groups is 2. The number of nitrogens with two attached hydrogens (primary N) is 1. The summed E-state index contributed by atoms with van der Waals surface area (Å²) in [5, 5.41) is 5.11. The summed E-state index contributed by atoms with van der Waals surface area (Å²) < 4.78 is 0. The van der Waals surface area contributed by atoms with Crippen molar-refractivity contribution < 1.29 is 9.59 Å². The Labute approximate surface area is 137 Å². The number of hydrogen-bond acceptors (Lipinski definition) is 3. The molecule has 1 aromatic rings. The van der Waals surface area contributed by atoms with Gasteiger partial charge in [0.1, 0.15) is 0 Å². The molecular formula is C18H23N3O2. The average molecular weight is 313 g/mol. The van der Waals surface area contributed by atoms with Gasteiger partial charge in [0.25, 0.3) is 0 Å². The third-order valence-electron chi connectivity index (χ3n) is 3.21. The van der Waals surface area contributed by atoms with E-state index in [4.69, 9.17) is 5.73 Å². The van der Waals surface area contributed by atoms with E-state index in [2.05, 4.69) is 23.8 Å². The smallest absolute Gasteiger partial charge is 0.309 e. The molecule has 1 aromatic carbocycles. The number of carbonyl (C=O) groups excluding carboxylic acids is 2. The molecule has 23 heavy (non-hydrogen) atoms. The van der Waals surface area contributed by atoms with E-state index in [1.54, 1.807) is 12.2 Å². The van der Waals surface area contributed by atoms with Gasteiger partial charge < -0.3 is 16.4 Å². The highest BCUT2D eigenvalue weighted by molar-refractivity contribution is 6.35. The Morgan fingerprint density at radius 3 is 2.35 bits per heavy atom. The van der Waals surface area contributed by atoms with Crippen LogP contribution in [0.25, 0.3) is 0 Å². The molecule has 0 fully saturated rings. The molecule has 2 amide bonds. The Morgan fingerprint density at radius 2 is 1.74 bits per heavy atom. The zero-order valence-corrected chi connectivity index (χ0v) is 13.2. The lowest BCUT2D eigenvalue weighted by molar-refractivity contribution is -0.139. The first kappa shape index (κ1) is 18.2. The molecule has 0 aliphatic heterocycles. The first-order chi connectivity index (χ1) is 11.1. The Kier molecular flexibility index (Phi) is 7.92. The first-order valence-electron chi connectivity index (χ1n) is 7.39. The van der Waals surface area contributed by atoms with Crippen molar-refractivity contribution in [3.8, 4) is 0 Å². The van der Waals surface area contributed by atoms with E-state index in [0.717, 1.165) is 5.56 Å². The van der Waals surface area contributed by atoms with Crippen molar-refractivity contribution in [1.82, 2.24) is 10.6 Å². The standard InChI is InChI=1S/C18H23N3O2/c1-3-8-16(19)15(4-2)13-21-18(23)17(22)20-12-11-14-9-6-5-7-10-14/h3-7,9-10H,1-2,8,11-13,19H2,(H,20,22)(H,21,23)/b16-15+. The molecular weight excluding hydrogens is 290 g/mol. The Bertz CT molecular complexity index is 592. The molecule has 0 spiro atoms. The summed E-state index contributed by atoms with van der Waals surface area (Å²) in [6.45, 7) is 7.81. The number of nitrogens with one attached hydrogen (secondary N) is 2. The van der Waals surface area contributed by atoms with Gasteiger partial charge in [0, 0.05) is 25.2 Å². The maximum Gasteiger partial charge on any atom is 0.309 e. The number of hydrogen-bond donors (Lipinski definition) is 3. The molecule has 122 valence electrons. The third-order valence-corrected chi connectivity index (χ3v) is 3.21. The fourth-order valence-corrected chi connectivity index (χ4v) is 1.90. The second-order valence-electron chi connectivity index (χ2n) is 4.92. The second kappa shape index (κ2) is 10.00. The van der Waals surface area contributed by atoms with E-state index in [9.17, 15) is 9.59 Å². The molecule has 0 heterocycles. The third kappa shape index (κ3) is 6.65. The van der Waals surface area contributed by atoms with E-state index in [0.29, 0.717) is 30.7 Å². The molecule has 0 aromatic heterocycles. The van der Waals surface area contributed by atoms with Crippen molar-refractivity contribution >= 4 is 11.8 Å². The van der Waals surface area contributed by atoms with Gasteiger partial charge in [-0.2, -0.15) is 0 Å². The quantitative estimate of drug-likeness (QED) is 0.386. The van der Waals surface area contributed by atoms with Crippen LogP contribution in [0.15, 0.2) is 66.9 Å². The van der Waals surface area contributed by atoms with Crippen molar-refractivity contribution in [2.75, 3.05) is 13.1 Å². The molecule has 0 aliphatic rings. The van der Waals surface area contributed by atoms with Crippen LogP contribution in [-0.4, -0.2) is 24.9 Å². The Hall–Kier alpha value is -2.82. The minimum absolute atomic E-state index is 0.161. The molecule has 5 nitrogen and oxygen atoms in total. The largest absolute Gasteiger partial charge is 0.402 e. The number of benzene rings is 1. The topological polar surface area (TPSA) is 84.2 Å². The van der Waals surface area contributed by atoms with Gasteiger partial charge in [0.05, 0.1) is 0 Å². The van der Waals surface area contributed by atoms with Crippen molar-refractivity contribution in [1.29, 1.82) is 0 Å². The zero-order chi connectivity index (χ0) is 17.1. The van der Waals surface area contributed by atoms with E-state index in [1.165, 1.54) is 0 Å². The van der Waals surface area contributed by atoms with Crippen LogP contribution in [0.3, 0.4) is 0 Å². The number of rotatable bonds is 8. The van der Waals surface area contributed by atoms with Gasteiger partial charge in [0.15, 0.2) is 0 Å². The van der Waals surface area contributed by atoms with Crippen LogP contribution >= 0.6 is 0 Å². The predicted molar refractivity (Wildman–Crippen MR) is 92.4 cm³/mol. The highest BCUT2D eigenvalue weighted by atomic mass is 16.2. The average Bonchev–Trinajstić information content (AvgIpc) is 2.56. The highest BCUT2D eigenvalue weighted by Gasteiger charge is 2.12. The first-order valence-corrected chi connectivity index (χ1v) is 7.39. The normalized spacial score (nSPS) is 11.1. The van der Waals surface area contributed by atoms with Gasteiger partial charge in [-0.25, -0.2) is 0 Å². The van der Waals surface area contributed by atoms with Gasteiger partial charge in [-0.3, -0.25) is 9.59 Å². The van der Waals surface area contributed by atoms with Crippen LogP contribution in [0.2, 0.25) is 0 Å². The van der Waals surface area contributed by atoms with E-state index < -0.39 is 11.8 Å². The van der Waals surface area contributed by atoms with Crippen LogP contribution < -0.4 is 16.4 Å². The monoisotopic (exact) mass is 313 g/mol. The van der Waals surface area contributed by atoms with Crippen molar-refractivity contribution in [2.45, 2.75) is 12.8 Å². The summed E-state index contributed by atoms with van der Waals surface area (Å²) in [7, 11) is 0. The van der Waals surface area contributed by atoms with Gasteiger partial charge in [-0.15, -0.1) is 6.58 Å². The SMILES string of the molecule is C=CC/C(N)=C(/C=C)CNC(=O)C(=O)NCCc1ccccc1. The molecule has 0 aliphatic carbocycles. The molecule has 0 unspecified atom stereocenters. The van der Waals surface area contributed by atoms with Crippen LogP contribution in [-0.2, 0) is 16.0 Å². The maximum absolute atomic E-state index is 11.7. The zero-order valence-electron chi connectivity index (χ0n) is 13.2. The van der Waals surface area contributed by atoms with Gasteiger partial charge >= 0.3 is 11.8 Å². The number of amides is 2. The van der Waals surface area contributed by atoms with Crippen molar-refractivity contribution in [2.24, 2.45) is 5.73 Å². The van der Waals surface area contributed by atoms with Crippen LogP contribution in [0.4, 0.5) is 0 Å². The molecule has 0 bridgehead atoms. The Morgan fingerprint density at radius 1 is 1.09 bits per heavy atom. The second-order valence-corrected chi connectivity index (χ2v) is 4.92. The summed E-state index contributed by atoms with van der Waals surface area (Å²) in [5.74, 6) is -1.35. The van der Waals surface area contributed by atoms with Crippen molar-refractivity contribution in [3.63, 3.8) is 0 Å². The van der Waals surface area contributed by atoms with E-state index >= 15 is 0 Å². The van der Waals surface area contributed by atoms with E-state index in [1.807, 2.05) is 30.3 Å². The van der Waals surface area contributed by atoms with Crippen LogP contribution in [0.5, 0.6) is 0 Å². The summed E-state index contributed by atoms with van der Waals surface area (Å²) in [6.07, 6.45) is 4.40. The lowest BCUT2D eigenvalue weighted by atomic mass is 10.1. The molecule has 1 rings (SSSR count). The fourth-order valence-electron chi connectivity index (χ4n) is 1.90.